The van der Waals surface area contributed by atoms with Crippen LogP contribution < -0.4 is 4.74 Å². The average molecular weight is 327 g/mol. The van der Waals surface area contributed by atoms with E-state index >= 15 is 0 Å². The van der Waals surface area contributed by atoms with Gasteiger partial charge >= 0.3 is 34.5 Å². The van der Waals surface area contributed by atoms with Gasteiger partial charge in [0.2, 0.25) is 0 Å². The van der Waals surface area contributed by atoms with Crippen molar-refractivity contribution in [1.82, 2.24) is 0 Å². The summed E-state index contributed by atoms with van der Waals surface area (Å²) in [6.07, 6.45) is 0. The molecule has 0 unspecified atom stereocenters. The average Bonchev–Trinajstić information content (AvgIpc) is 2.08. The second kappa shape index (κ2) is 7.68. The SMILES string of the molecule is CC(=O)Oc1c[c-]ccc1.[Zn+][I]. The molecule has 0 saturated heterocycles. The molecule has 0 N–H and O–H groups in total. The van der Waals surface area contributed by atoms with E-state index in [0.717, 1.165) is 0 Å². The zero-order valence-corrected chi connectivity index (χ0v) is 11.8. The normalized spacial score (nSPS) is 8.00. The second-order valence-electron chi connectivity index (χ2n) is 1.83. The van der Waals surface area contributed by atoms with Crippen molar-refractivity contribution < 1.29 is 24.3 Å². The van der Waals surface area contributed by atoms with Crippen LogP contribution in [-0.4, -0.2) is 5.97 Å². The first-order valence-electron chi connectivity index (χ1n) is 3.20. The predicted molar refractivity (Wildman–Crippen MR) is 50.6 cm³/mol. The third kappa shape index (κ3) is 5.66. The number of esters is 1. The number of carbonyl (C=O) groups excluding carboxylic acids is 1. The molecule has 0 atom stereocenters. The Kier molecular flexibility index (Phi) is 7.71. The minimum atomic E-state index is -0.306. The van der Waals surface area contributed by atoms with Crippen LogP contribution in [0.15, 0.2) is 24.3 Å². The Balaban J connectivity index is 0.000000561. The van der Waals surface area contributed by atoms with Gasteiger partial charge in [0, 0.05) is 12.7 Å². The first kappa shape index (κ1) is 12.0. The maximum absolute atomic E-state index is 10.4. The molecule has 0 aromatic heterocycles. The summed E-state index contributed by atoms with van der Waals surface area (Å²) >= 11 is 3.62. The first-order valence-corrected chi connectivity index (χ1v) is 12.2. The molecule has 4 heteroatoms. The molecule has 0 aliphatic heterocycles. The van der Waals surface area contributed by atoms with Gasteiger partial charge in [-0.05, 0) is 0 Å². The van der Waals surface area contributed by atoms with Crippen LogP contribution in [0.4, 0.5) is 0 Å². The van der Waals surface area contributed by atoms with Crippen LogP contribution in [0, 0.1) is 6.07 Å². The number of rotatable bonds is 1. The van der Waals surface area contributed by atoms with E-state index < -0.39 is 0 Å². The third-order valence-electron chi connectivity index (χ3n) is 0.940. The molecule has 1 aromatic carbocycles. The van der Waals surface area contributed by atoms with Crippen LogP contribution in [0.1, 0.15) is 6.92 Å². The zero-order valence-electron chi connectivity index (χ0n) is 6.71. The molecule has 0 spiro atoms. The van der Waals surface area contributed by atoms with Gasteiger partial charge in [-0.1, -0.05) is 0 Å². The van der Waals surface area contributed by atoms with Crippen LogP contribution in [-0.2, 0) is 19.6 Å². The quantitative estimate of drug-likeness (QED) is 0.260. The van der Waals surface area contributed by atoms with Gasteiger partial charge in [-0.25, -0.2) is 0 Å². The molecule has 0 bridgehead atoms. The molecule has 0 radical (unpaired) electrons. The number of halogens is 1. The van der Waals surface area contributed by atoms with E-state index in [9.17, 15) is 4.79 Å². The molecule has 0 aliphatic rings. The molecule has 0 aliphatic carbocycles. The van der Waals surface area contributed by atoms with Crippen molar-refractivity contribution in [2.24, 2.45) is 0 Å². The standard InChI is InChI=1S/C8H7O2.HI.Zn/c1-7(9)10-8-5-3-2-4-6-8;;/h2-3,5-6H,1H3;1H;/q-1;;+2/p-1. The summed E-state index contributed by atoms with van der Waals surface area (Å²) in [6.45, 7) is 1.37. The van der Waals surface area contributed by atoms with Crippen molar-refractivity contribution in [2.45, 2.75) is 6.92 Å². The van der Waals surface area contributed by atoms with E-state index in [0.29, 0.717) is 5.75 Å². The molecule has 60 valence electrons. The molecule has 0 fully saturated rings. The Morgan fingerprint density at radius 2 is 2.33 bits per heavy atom. The Labute approximate surface area is 92.5 Å². The van der Waals surface area contributed by atoms with Crippen molar-refractivity contribution >= 4 is 25.7 Å². The molecule has 0 heterocycles. The molecule has 0 amide bonds. The topological polar surface area (TPSA) is 26.3 Å². The second-order valence-corrected chi connectivity index (χ2v) is 1.83. The fraction of sp³-hybridized carbons (Fsp3) is 0.125. The zero-order chi connectivity index (χ0) is 9.40. The van der Waals surface area contributed by atoms with E-state index in [-0.39, 0.29) is 5.97 Å². The summed E-state index contributed by atoms with van der Waals surface area (Å²) < 4.78 is 4.74. The molecular formula is C8H7IO2Zn. The molecule has 0 saturated carbocycles. The summed E-state index contributed by atoms with van der Waals surface area (Å²) in [5, 5.41) is 0. The van der Waals surface area contributed by atoms with Crippen LogP contribution in [0.25, 0.3) is 0 Å². The van der Waals surface area contributed by atoms with Crippen LogP contribution in [0.3, 0.4) is 0 Å². The monoisotopic (exact) mass is 326 g/mol. The van der Waals surface area contributed by atoms with Crippen molar-refractivity contribution in [1.29, 1.82) is 0 Å². The Morgan fingerprint density at radius 1 is 1.67 bits per heavy atom. The first-order chi connectivity index (χ1) is 5.79. The molecule has 2 nitrogen and oxygen atoms in total. The van der Waals surface area contributed by atoms with Gasteiger partial charge in [0.25, 0.3) is 5.97 Å². The number of hydrogen-bond acceptors (Lipinski definition) is 2. The summed E-state index contributed by atoms with van der Waals surface area (Å²) in [7, 11) is 0. The third-order valence-corrected chi connectivity index (χ3v) is 0.940. The van der Waals surface area contributed by atoms with Gasteiger partial charge in [0.1, 0.15) is 0 Å². The minimum absolute atomic E-state index is 0.306. The molecule has 12 heavy (non-hydrogen) atoms. The van der Waals surface area contributed by atoms with Crippen molar-refractivity contribution in [3.8, 4) is 5.75 Å². The molecule has 1 rings (SSSR count). The van der Waals surface area contributed by atoms with Crippen molar-refractivity contribution in [3.05, 3.63) is 30.3 Å². The van der Waals surface area contributed by atoms with Crippen molar-refractivity contribution in [3.63, 3.8) is 0 Å². The van der Waals surface area contributed by atoms with Crippen LogP contribution >= 0.6 is 19.8 Å². The van der Waals surface area contributed by atoms with Gasteiger partial charge in [-0.3, -0.25) is 4.79 Å². The van der Waals surface area contributed by atoms with Crippen molar-refractivity contribution in [2.75, 3.05) is 0 Å². The summed E-state index contributed by atoms with van der Waals surface area (Å²) in [5.74, 6) is 0.231. The van der Waals surface area contributed by atoms with Gasteiger partial charge in [-0.2, -0.15) is 18.2 Å². The van der Waals surface area contributed by atoms with Crippen LogP contribution in [0.5, 0.6) is 5.75 Å². The molecular weight excluding hydrogens is 320 g/mol. The fourth-order valence-corrected chi connectivity index (χ4v) is 0.606. The number of carbonyl (C=O) groups is 1. The summed E-state index contributed by atoms with van der Waals surface area (Å²) in [5.41, 5.74) is 0. The Bertz CT molecular complexity index is 226. The number of hydrogen-bond donors (Lipinski definition) is 0. The van der Waals surface area contributed by atoms with Gasteiger partial charge in [0.15, 0.2) is 0 Å². The van der Waals surface area contributed by atoms with E-state index in [4.69, 9.17) is 4.74 Å². The number of ether oxygens (including phenoxy) is 1. The van der Waals surface area contributed by atoms with Gasteiger partial charge in [-0.15, -0.1) is 12.1 Å². The summed E-state index contributed by atoms with van der Waals surface area (Å²) in [6, 6.07) is 9.61. The molecule has 1 aromatic rings. The Hall–Kier alpha value is 0.0434. The fourth-order valence-electron chi connectivity index (χ4n) is 0.606. The number of benzene rings is 1. The Morgan fingerprint density at radius 3 is 2.75 bits per heavy atom. The van der Waals surface area contributed by atoms with Crippen LogP contribution in [0.2, 0.25) is 0 Å². The van der Waals surface area contributed by atoms with Gasteiger partial charge in [0.05, 0.1) is 0 Å². The predicted octanol–water partition coefficient (Wildman–Crippen LogP) is 2.30. The van der Waals surface area contributed by atoms with E-state index in [2.05, 4.69) is 25.8 Å². The van der Waals surface area contributed by atoms with E-state index in [1.807, 2.05) is 0 Å². The summed E-state index contributed by atoms with van der Waals surface area (Å²) in [4.78, 5) is 10.4. The van der Waals surface area contributed by atoms with E-state index in [1.165, 1.54) is 21.7 Å². The van der Waals surface area contributed by atoms with Gasteiger partial charge < -0.3 is 4.74 Å². The maximum atomic E-state index is 10.4. The van der Waals surface area contributed by atoms with E-state index in [1.54, 1.807) is 24.3 Å².